The quantitative estimate of drug-likeness (QED) is 0.748. The molecule has 0 saturated heterocycles. The third-order valence-corrected chi connectivity index (χ3v) is 5.37. The van der Waals surface area contributed by atoms with Gasteiger partial charge >= 0.3 is 5.97 Å². The molecule has 2 atom stereocenters. The fourth-order valence-corrected chi connectivity index (χ4v) is 3.77. The largest absolute Gasteiger partial charge is 0.451 e. The van der Waals surface area contributed by atoms with Crippen LogP contribution in [0.4, 0.5) is 0 Å². The lowest BCUT2D eigenvalue weighted by Crippen LogP contribution is -2.40. The van der Waals surface area contributed by atoms with Crippen LogP contribution in [0.1, 0.15) is 46.6 Å². The number of nitrogens with one attached hydrogen (secondary N) is 2. The molecule has 0 bridgehead atoms. The summed E-state index contributed by atoms with van der Waals surface area (Å²) >= 11 is 1.29. The van der Waals surface area contributed by atoms with Crippen LogP contribution in [0.2, 0.25) is 0 Å². The van der Waals surface area contributed by atoms with Crippen LogP contribution in [0.25, 0.3) is 0 Å². The minimum atomic E-state index is -0.926. The van der Waals surface area contributed by atoms with Crippen LogP contribution >= 0.6 is 11.3 Å². The highest BCUT2D eigenvalue weighted by Crippen LogP contribution is 2.29. The number of carbonyl (C=O) groups excluding carboxylic acids is 3. The maximum absolute atomic E-state index is 12.4. The number of ether oxygens (including phenoxy) is 1. The molecular formula is C20H22N2O4S. The summed E-state index contributed by atoms with van der Waals surface area (Å²) in [7, 11) is 0. The summed E-state index contributed by atoms with van der Waals surface area (Å²) in [6.45, 7) is 1.25. The minimum Gasteiger partial charge on any atom is -0.451 e. The van der Waals surface area contributed by atoms with Crippen molar-refractivity contribution in [1.82, 2.24) is 10.6 Å². The molecule has 1 aliphatic carbocycles. The second kappa shape index (κ2) is 8.81. The van der Waals surface area contributed by atoms with Crippen LogP contribution < -0.4 is 10.6 Å². The molecule has 6 nitrogen and oxygen atoms in total. The van der Waals surface area contributed by atoms with Crippen LogP contribution in [-0.4, -0.2) is 30.4 Å². The smallest absolute Gasteiger partial charge is 0.326 e. The van der Waals surface area contributed by atoms with E-state index in [4.69, 9.17) is 4.74 Å². The van der Waals surface area contributed by atoms with Crippen molar-refractivity contribution in [3.8, 4) is 0 Å². The molecule has 1 heterocycles. The highest BCUT2D eigenvalue weighted by atomic mass is 32.1. The van der Waals surface area contributed by atoms with E-state index in [0.717, 1.165) is 24.8 Å². The molecule has 1 aromatic carbocycles. The first-order valence-electron chi connectivity index (χ1n) is 8.94. The first-order chi connectivity index (χ1) is 13.0. The lowest BCUT2D eigenvalue weighted by atomic mass is 9.87. The van der Waals surface area contributed by atoms with E-state index in [9.17, 15) is 14.4 Å². The number of rotatable bonds is 6. The zero-order chi connectivity index (χ0) is 19.2. The molecule has 2 N–H and O–H groups in total. The summed E-state index contributed by atoms with van der Waals surface area (Å²) in [5, 5.41) is 7.24. The van der Waals surface area contributed by atoms with Crippen molar-refractivity contribution in [2.45, 2.75) is 38.3 Å². The Morgan fingerprint density at radius 1 is 1.22 bits per heavy atom. The lowest BCUT2D eigenvalue weighted by Gasteiger charge is -2.27. The number of thiophene rings is 1. The average Bonchev–Trinajstić information content (AvgIpc) is 3.21. The third-order valence-electron chi connectivity index (χ3n) is 4.50. The molecule has 2 amide bonds. The van der Waals surface area contributed by atoms with Gasteiger partial charge in [0.1, 0.15) is 6.54 Å². The van der Waals surface area contributed by atoms with Gasteiger partial charge in [0.15, 0.2) is 6.10 Å². The van der Waals surface area contributed by atoms with E-state index in [1.165, 1.54) is 23.8 Å². The second-order valence-corrected chi connectivity index (χ2v) is 7.39. The summed E-state index contributed by atoms with van der Waals surface area (Å²) in [6.07, 6.45) is 1.95. The number of amides is 2. The molecule has 0 radical (unpaired) electrons. The Bertz CT molecular complexity index is 819. The van der Waals surface area contributed by atoms with Crippen molar-refractivity contribution in [3.63, 3.8) is 0 Å². The summed E-state index contributed by atoms with van der Waals surface area (Å²) in [4.78, 5) is 36.7. The number of esters is 1. The monoisotopic (exact) mass is 386 g/mol. The van der Waals surface area contributed by atoms with Gasteiger partial charge in [-0.2, -0.15) is 0 Å². The molecule has 0 saturated carbocycles. The van der Waals surface area contributed by atoms with Gasteiger partial charge in [0.25, 0.3) is 11.8 Å². The first-order valence-corrected chi connectivity index (χ1v) is 9.82. The van der Waals surface area contributed by atoms with Crippen molar-refractivity contribution >= 4 is 29.1 Å². The number of hydrogen-bond acceptors (Lipinski definition) is 5. The van der Waals surface area contributed by atoms with Gasteiger partial charge < -0.3 is 15.4 Å². The summed E-state index contributed by atoms with van der Waals surface area (Å²) in [5.74, 6) is -1.32. The normalized spacial score (nSPS) is 16.7. The van der Waals surface area contributed by atoms with E-state index in [1.54, 1.807) is 17.5 Å². The SMILES string of the molecule is C[C@H](OC(=O)CNC(=O)c1cccs1)C(=O)N[C@H]1CCCc2ccccc21. The summed E-state index contributed by atoms with van der Waals surface area (Å²) in [6, 6.07) is 11.4. The molecule has 1 aliphatic rings. The maximum atomic E-state index is 12.4. The molecule has 27 heavy (non-hydrogen) atoms. The lowest BCUT2D eigenvalue weighted by molar-refractivity contribution is -0.154. The Labute approximate surface area is 161 Å². The molecule has 0 fully saturated rings. The van der Waals surface area contributed by atoms with Crippen molar-refractivity contribution in [2.75, 3.05) is 6.54 Å². The van der Waals surface area contributed by atoms with Crippen molar-refractivity contribution < 1.29 is 19.1 Å². The van der Waals surface area contributed by atoms with E-state index in [-0.39, 0.29) is 24.4 Å². The molecular weight excluding hydrogens is 364 g/mol. The predicted octanol–water partition coefficient (Wildman–Crippen LogP) is 2.60. The number of benzene rings is 1. The Morgan fingerprint density at radius 2 is 2.04 bits per heavy atom. The molecule has 0 spiro atoms. The molecule has 3 rings (SSSR count). The Hall–Kier alpha value is -2.67. The van der Waals surface area contributed by atoms with Crippen LogP contribution in [0.15, 0.2) is 41.8 Å². The second-order valence-electron chi connectivity index (χ2n) is 6.44. The van der Waals surface area contributed by atoms with E-state index < -0.39 is 12.1 Å². The standard InChI is InChI=1S/C20H22N2O4S/c1-13(26-18(23)12-21-20(25)17-10-5-11-27-17)19(24)22-16-9-4-7-14-6-2-3-8-15(14)16/h2-3,5-6,8,10-11,13,16H,4,7,9,12H2,1H3,(H,21,25)(H,22,24)/t13-,16-/m0/s1. The van der Waals surface area contributed by atoms with Gasteiger partial charge in [-0.3, -0.25) is 14.4 Å². The highest BCUT2D eigenvalue weighted by molar-refractivity contribution is 7.12. The van der Waals surface area contributed by atoms with Gasteiger partial charge in [-0.1, -0.05) is 30.3 Å². The summed E-state index contributed by atoms with van der Waals surface area (Å²) in [5.41, 5.74) is 2.37. The molecule has 0 unspecified atom stereocenters. The number of fused-ring (bicyclic) bond motifs is 1. The van der Waals surface area contributed by atoms with E-state index in [1.807, 2.05) is 18.2 Å². The number of aryl methyl sites for hydroxylation is 1. The Morgan fingerprint density at radius 3 is 2.81 bits per heavy atom. The average molecular weight is 386 g/mol. The third kappa shape index (κ3) is 4.95. The molecule has 142 valence electrons. The van der Waals surface area contributed by atoms with Crippen LogP contribution in [0.3, 0.4) is 0 Å². The van der Waals surface area contributed by atoms with Crippen molar-refractivity contribution in [2.24, 2.45) is 0 Å². The van der Waals surface area contributed by atoms with E-state index >= 15 is 0 Å². The Kier molecular flexibility index (Phi) is 6.24. The van der Waals surface area contributed by atoms with Crippen molar-refractivity contribution in [1.29, 1.82) is 0 Å². The summed E-state index contributed by atoms with van der Waals surface area (Å²) < 4.78 is 5.15. The number of carbonyl (C=O) groups is 3. The topological polar surface area (TPSA) is 84.5 Å². The van der Waals surface area contributed by atoms with Crippen LogP contribution in [0.5, 0.6) is 0 Å². The zero-order valence-electron chi connectivity index (χ0n) is 15.1. The fourth-order valence-electron chi connectivity index (χ4n) is 3.13. The number of hydrogen-bond donors (Lipinski definition) is 2. The Balaban J connectivity index is 1.48. The van der Waals surface area contributed by atoms with E-state index in [2.05, 4.69) is 16.7 Å². The maximum Gasteiger partial charge on any atom is 0.326 e. The molecule has 7 heteroatoms. The van der Waals surface area contributed by atoms with Gasteiger partial charge in [0, 0.05) is 0 Å². The zero-order valence-corrected chi connectivity index (χ0v) is 15.9. The minimum absolute atomic E-state index is 0.0675. The molecule has 0 aliphatic heterocycles. The molecule has 2 aromatic rings. The van der Waals surface area contributed by atoms with Gasteiger partial charge in [0.05, 0.1) is 10.9 Å². The first kappa shape index (κ1) is 19.1. The van der Waals surface area contributed by atoms with Gasteiger partial charge in [-0.05, 0) is 48.8 Å². The van der Waals surface area contributed by atoms with Gasteiger partial charge in [-0.25, -0.2) is 0 Å². The van der Waals surface area contributed by atoms with Gasteiger partial charge in [-0.15, -0.1) is 11.3 Å². The van der Waals surface area contributed by atoms with Crippen LogP contribution in [0, 0.1) is 0 Å². The van der Waals surface area contributed by atoms with Gasteiger partial charge in [0.2, 0.25) is 0 Å². The van der Waals surface area contributed by atoms with Crippen LogP contribution in [-0.2, 0) is 20.7 Å². The van der Waals surface area contributed by atoms with Crippen molar-refractivity contribution in [3.05, 3.63) is 57.8 Å². The highest BCUT2D eigenvalue weighted by Gasteiger charge is 2.25. The predicted molar refractivity (Wildman–Crippen MR) is 102 cm³/mol. The fraction of sp³-hybridized carbons (Fsp3) is 0.350. The molecule has 1 aromatic heterocycles. The van der Waals surface area contributed by atoms with E-state index in [0.29, 0.717) is 4.88 Å².